The molecule has 33 heavy (non-hydrogen) atoms. The third-order valence-corrected chi connectivity index (χ3v) is 4.99. The first-order valence-electron chi connectivity index (χ1n) is 10.9. The van der Waals surface area contributed by atoms with Gasteiger partial charge in [-0.1, -0.05) is 19.1 Å². The van der Waals surface area contributed by atoms with Crippen molar-refractivity contribution in [3.8, 4) is 23.0 Å². The van der Waals surface area contributed by atoms with Gasteiger partial charge in [0, 0.05) is 30.8 Å². The minimum Gasteiger partial charge on any atom is -0.497 e. The Morgan fingerprint density at radius 2 is 1.52 bits per heavy atom. The zero-order valence-corrected chi connectivity index (χ0v) is 20.2. The molecule has 0 bridgehead atoms. The molecule has 180 valence electrons. The van der Waals surface area contributed by atoms with Gasteiger partial charge >= 0.3 is 0 Å². The molecule has 8 heteroatoms. The van der Waals surface area contributed by atoms with Crippen LogP contribution < -0.4 is 24.3 Å². The van der Waals surface area contributed by atoms with Gasteiger partial charge in [0.1, 0.15) is 29.0 Å². The van der Waals surface area contributed by atoms with Crippen LogP contribution in [0.4, 0.5) is 0 Å². The molecule has 2 aromatic rings. The minimum atomic E-state index is -0.644. The zero-order chi connectivity index (χ0) is 24.4. The number of benzene rings is 2. The number of methoxy groups -OCH3 is 3. The summed E-state index contributed by atoms with van der Waals surface area (Å²) in [6, 6.07) is 11.8. The second-order valence-electron chi connectivity index (χ2n) is 7.80. The summed E-state index contributed by atoms with van der Waals surface area (Å²) in [6.07, 6.45) is 0.460. The third-order valence-electron chi connectivity index (χ3n) is 4.99. The van der Waals surface area contributed by atoms with Gasteiger partial charge in [-0.15, -0.1) is 0 Å². The van der Waals surface area contributed by atoms with Crippen LogP contribution in [0.5, 0.6) is 23.0 Å². The highest BCUT2D eigenvalue weighted by molar-refractivity contribution is 5.88. The molecule has 1 unspecified atom stereocenters. The standard InChI is InChI=1S/C25H34N2O6/c1-7-23(25(29)26-17(2)3)27(15-18-9-8-10-19(11-18)30-4)24(28)16-33-22-13-20(31-5)12-21(14-22)32-6/h8-14,17,23H,7,15-16H2,1-6H3,(H,26,29). The number of carbonyl (C=O) groups excluding carboxylic acids is 2. The highest BCUT2D eigenvalue weighted by Gasteiger charge is 2.29. The molecule has 0 saturated carbocycles. The van der Waals surface area contributed by atoms with Gasteiger partial charge in [-0.3, -0.25) is 9.59 Å². The van der Waals surface area contributed by atoms with Crippen molar-refractivity contribution in [3.05, 3.63) is 48.0 Å². The smallest absolute Gasteiger partial charge is 0.261 e. The molecule has 1 N–H and O–H groups in total. The maximum absolute atomic E-state index is 13.3. The summed E-state index contributed by atoms with van der Waals surface area (Å²) in [5.41, 5.74) is 0.849. The van der Waals surface area contributed by atoms with Crippen LogP contribution in [0.15, 0.2) is 42.5 Å². The van der Waals surface area contributed by atoms with Crippen molar-refractivity contribution >= 4 is 11.8 Å². The fraction of sp³-hybridized carbons (Fsp3) is 0.440. The average molecular weight is 459 g/mol. The Morgan fingerprint density at radius 3 is 2.06 bits per heavy atom. The maximum Gasteiger partial charge on any atom is 0.261 e. The van der Waals surface area contributed by atoms with E-state index in [4.69, 9.17) is 18.9 Å². The first-order chi connectivity index (χ1) is 15.8. The predicted molar refractivity (Wildman–Crippen MR) is 126 cm³/mol. The summed E-state index contributed by atoms with van der Waals surface area (Å²) in [5.74, 6) is 1.69. The van der Waals surface area contributed by atoms with E-state index in [1.54, 1.807) is 44.4 Å². The SMILES string of the molecule is CCC(C(=O)NC(C)C)N(Cc1cccc(OC)c1)C(=O)COc1cc(OC)cc(OC)c1. The summed E-state index contributed by atoms with van der Waals surface area (Å²) in [4.78, 5) is 27.7. The van der Waals surface area contributed by atoms with Gasteiger partial charge in [0.25, 0.3) is 5.91 Å². The number of hydrogen-bond acceptors (Lipinski definition) is 6. The second kappa shape index (κ2) is 12.6. The van der Waals surface area contributed by atoms with Crippen molar-refractivity contribution in [2.24, 2.45) is 0 Å². The molecule has 0 aliphatic heterocycles. The average Bonchev–Trinajstić information content (AvgIpc) is 2.81. The summed E-state index contributed by atoms with van der Waals surface area (Å²) in [6.45, 7) is 5.65. The van der Waals surface area contributed by atoms with E-state index in [0.29, 0.717) is 29.4 Å². The Bertz CT molecular complexity index is 909. The van der Waals surface area contributed by atoms with E-state index in [-0.39, 0.29) is 31.0 Å². The van der Waals surface area contributed by atoms with Crippen LogP contribution in [0.25, 0.3) is 0 Å². The fourth-order valence-corrected chi connectivity index (χ4v) is 3.36. The molecule has 0 aromatic heterocycles. The van der Waals surface area contributed by atoms with Gasteiger partial charge in [-0.2, -0.15) is 0 Å². The molecule has 0 spiro atoms. The van der Waals surface area contributed by atoms with E-state index in [9.17, 15) is 9.59 Å². The van der Waals surface area contributed by atoms with E-state index in [0.717, 1.165) is 5.56 Å². The lowest BCUT2D eigenvalue weighted by molar-refractivity contribution is -0.143. The molecule has 0 fully saturated rings. The van der Waals surface area contributed by atoms with Crippen molar-refractivity contribution in [1.82, 2.24) is 10.2 Å². The number of ether oxygens (including phenoxy) is 4. The first-order valence-corrected chi connectivity index (χ1v) is 10.9. The quantitative estimate of drug-likeness (QED) is 0.525. The highest BCUT2D eigenvalue weighted by atomic mass is 16.5. The minimum absolute atomic E-state index is 0.0409. The summed E-state index contributed by atoms with van der Waals surface area (Å²) >= 11 is 0. The molecule has 8 nitrogen and oxygen atoms in total. The molecule has 2 rings (SSSR count). The molecular formula is C25H34N2O6. The maximum atomic E-state index is 13.3. The lowest BCUT2D eigenvalue weighted by Gasteiger charge is -2.31. The summed E-state index contributed by atoms with van der Waals surface area (Å²) < 4.78 is 21.6. The van der Waals surface area contributed by atoms with E-state index in [1.807, 2.05) is 45.0 Å². The second-order valence-corrected chi connectivity index (χ2v) is 7.80. The third kappa shape index (κ3) is 7.59. The molecule has 0 heterocycles. The Balaban J connectivity index is 2.27. The van der Waals surface area contributed by atoms with E-state index in [1.165, 1.54) is 0 Å². The molecule has 1 atom stereocenters. The predicted octanol–water partition coefficient (Wildman–Crippen LogP) is 3.42. The van der Waals surface area contributed by atoms with Crippen LogP contribution in [0.1, 0.15) is 32.8 Å². The normalized spacial score (nSPS) is 11.5. The zero-order valence-electron chi connectivity index (χ0n) is 20.2. The van der Waals surface area contributed by atoms with E-state index in [2.05, 4.69) is 5.32 Å². The fourth-order valence-electron chi connectivity index (χ4n) is 3.36. The Morgan fingerprint density at radius 1 is 0.909 bits per heavy atom. The Hall–Kier alpha value is -3.42. The number of rotatable bonds is 12. The van der Waals surface area contributed by atoms with Gasteiger partial charge in [0.2, 0.25) is 5.91 Å². The number of amides is 2. The van der Waals surface area contributed by atoms with Crippen molar-refractivity contribution < 1.29 is 28.5 Å². The van der Waals surface area contributed by atoms with Crippen molar-refractivity contribution in [1.29, 1.82) is 0 Å². The molecule has 0 saturated heterocycles. The van der Waals surface area contributed by atoms with Gasteiger partial charge in [-0.25, -0.2) is 0 Å². The van der Waals surface area contributed by atoms with E-state index < -0.39 is 6.04 Å². The number of carbonyl (C=O) groups is 2. The lowest BCUT2D eigenvalue weighted by atomic mass is 10.1. The molecule has 2 aromatic carbocycles. The number of nitrogens with one attached hydrogen (secondary N) is 1. The molecule has 0 radical (unpaired) electrons. The number of hydrogen-bond donors (Lipinski definition) is 1. The van der Waals surface area contributed by atoms with Crippen LogP contribution in [-0.4, -0.2) is 56.7 Å². The molecular weight excluding hydrogens is 424 g/mol. The van der Waals surface area contributed by atoms with Gasteiger partial charge in [-0.05, 0) is 38.0 Å². The summed E-state index contributed by atoms with van der Waals surface area (Å²) in [5, 5.41) is 2.91. The summed E-state index contributed by atoms with van der Waals surface area (Å²) in [7, 11) is 4.67. The topological polar surface area (TPSA) is 86.3 Å². The van der Waals surface area contributed by atoms with Gasteiger partial charge in [0.05, 0.1) is 21.3 Å². The Labute approximate surface area is 195 Å². The monoisotopic (exact) mass is 458 g/mol. The first kappa shape index (κ1) is 25.8. The molecule has 0 aliphatic rings. The van der Waals surface area contributed by atoms with Crippen LogP contribution in [-0.2, 0) is 16.1 Å². The van der Waals surface area contributed by atoms with Crippen molar-refractivity contribution in [2.45, 2.75) is 45.8 Å². The van der Waals surface area contributed by atoms with Crippen molar-refractivity contribution in [3.63, 3.8) is 0 Å². The number of nitrogens with zero attached hydrogens (tertiary/aromatic N) is 1. The van der Waals surface area contributed by atoms with E-state index >= 15 is 0 Å². The van der Waals surface area contributed by atoms with Gasteiger partial charge in [0.15, 0.2) is 6.61 Å². The van der Waals surface area contributed by atoms with Crippen LogP contribution in [0, 0.1) is 0 Å². The highest BCUT2D eigenvalue weighted by Crippen LogP contribution is 2.27. The Kier molecular flexibility index (Phi) is 9.84. The van der Waals surface area contributed by atoms with Crippen molar-refractivity contribution in [2.75, 3.05) is 27.9 Å². The van der Waals surface area contributed by atoms with Crippen LogP contribution in [0.3, 0.4) is 0 Å². The largest absolute Gasteiger partial charge is 0.497 e. The molecule has 0 aliphatic carbocycles. The van der Waals surface area contributed by atoms with Crippen LogP contribution in [0.2, 0.25) is 0 Å². The van der Waals surface area contributed by atoms with Gasteiger partial charge < -0.3 is 29.2 Å². The van der Waals surface area contributed by atoms with Crippen LogP contribution >= 0.6 is 0 Å². The molecule has 2 amide bonds. The lowest BCUT2D eigenvalue weighted by Crippen LogP contribution is -2.51.